The Hall–Kier alpha value is -4.33. The Balaban J connectivity index is 1.50. The first-order valence-electron chi connectivity index (χ1n) is 10.8. The minimum Gasteiger partial charge on any atom is -0.481 e. The largest absolute Gasteiger partial charge is 0.481 e. The van der Waals surface area contributed by atoms with Gasteiger partial charge in [0.05, 0.1) is 42.9 Å². The first-order chi connectivity index (χ1) is 16.6. The fourth-order valence-electron chi connectivity index (χ4n) is 3.58. The summed E-state index contributed by atoms with van der Waals surface area (Å²) in [5, 5.41) is 2.93. The lowest BCUT2D eigenvalue weighted by Crippen LogP contribution is -2.12. The predicted octanol–water partition coefficient (Wildman–Crippen LogP) is 4.55. The summed E-state index contributed by atoms with van der Waals surface area (Å²) in [4.78, 5) is 29.9. The van der Waals surface area contributed by atoms with Crippen LogP contribution in [-0.2, 0) is 6.42 Å². The summed E-state index contributed by atoms with van der Waals surface area (Å²) in [5.41, 5.74) is 4.58. The van der Waals surface area contributed by atoms with Crippen LogP contribution in [0.5, 0.6) is 11.8 Å². The molecule has 1 aromatic carbocycles. The maximum atomic E-state index is 12.5. The number of benzene rings is 1. The maximum absolute atomic E-state index is 12.5. The van der Waals surface area contributed by atoms with Crippen LogP contribution in [0.3, 0.4) is 0 Å². The van der Waals surface area contributed by atoms with Crippen LogP contribution in [0.25, 0.3) is 11.3 Å². The van der Waals surface area contributed by atoms with Crippen molar-refractivity contribution in [1.29, 1.82) is 0 Å². The van der Waals surface area contributed by atoms with Crippen LogP contribution in [0.4, 0.5) is 5.69 Å². The van der Waals surface area contributed by atoms with Gasteiger partial charge >= 0.3 is 0 Å². The van der Waals surface area contributed by atoms with Gasteiger partial charge in [0.25, 0.3) is 5.91 Å². The van der Waals surface area contributed by atoms with Gasteiger partial charge < -0.3 is 14.8 Å². The highest BCUT2D eigenvalue weighted by molar-refractivity contribution is 6.04. The van der Waals surface area contributed by atoms with E-state index in [4.69, 9.17) is 14.5 Å². The number of amides is 1. The number of carbonyl (C=O) groups is 1. The van der Waals surface area contributed by atoms with E-state index in [0.29, 0.717) is 29.4 Å². The van der Waals surface area contributed by atoms with Crippen LogP contribution in [-0.4, -0.2) is 40.1 Å². The Morgan fingerprint density at radius 1 is 0.971 bits per heavy atom. The lowest BCUT2D eigenvalue weighted by atomic mass is 9.96. The van der Waals surface area contributed by atoms with Gasteiger partial charge in [0.2, 0.25) is 11.8 Å². The van der Waals surface area contributed by atoms with Crippen molar-refractivity contribution in [2.75, 3.05) is 19.5 Å². The molecule has 0 aliphatic heterocycles. The van der Waals surface area contributed by atoms with E-state index in [0.717, 1.165) is 22.5 Å². The standard InChI is InChI=1S/C26H25N5O3/c1-17(18-6-4-8-20(13-18)30-25(32)19-7-5-11-27-14-19)12-21-15-28-16-23(29-21)22-9-10-24(33-2)31-26(22)34-3/h4-11,13-17H,12H2,1-3H3,(H,30,32)/t17-/m1/s1. The molecule has 8 nitrogen and oxygen atoms in total. The predicted molar refractivity (Wildman–Crippen MR) is 129 cm³/mol. The molecule has 1 atom stereocenters. The number of nitrogens with zero attached hydrogens (tertiary/aromatic N) is 4. The molecule has 0 spiro atoms. The van der Waals surface area contributed by atoms with E-state index in [1.807, 2.05) is 30.3 Å². The van der Waals surface area contributed by atoms with Gasteiger partial charge in [-0.25, -0.2) is 4.98 Å². The Kier molecular flexibility index (Phi) is 7.07. The fourth-order valence-corrected chi connectivity index (χ4v) is 3.58. The van der Waals surface area contributed by atoms with Crippen molar-refractivity contribution in [3.63, 3.8) is 0 Å². The molecule has 34 heavy (non-hydrogen) atoms. The van der Waals surface area contributed by atoms with Gasteiger partial charge in [-0.3, -0.25) is 14.8 Å². The van der Waals surface area contributed by atoms with Crippen LogP contribution in [0, 0.1) is 0 Å². The normalized spacial score (nSPS) is 11.5. The van der Waals surface area contributed by atoms with E-state index in [1.54, 1.807) is 57.2 Å². The number of hydrogen-bond donors (Lipinski definition) is 1. The van der Waals surface area contributed by atoms with E-state index < -0.39 is 0 Å². The highest BCUT2D eigenvalue weighted by atomic mass is 16.5. The van der Waals surface area contributed by atoms with Crippen LogP contribution in [0.1, 0.15) is 34.5 Å². The number of ether oxygens (including phenoxy) is 2. The van der Waals surface area contributed by atoms with Crippen LogP contribution in [0.15, 0.2) is 73.3 Å². The molecule has 0 unspecified atom stereocenters. The van der Waals surface area contributed by atoms with Crippen LogP contribution < -0.4 is 14.8 Å². The molecular weight excluding hydrogens is 430 g/mol. The van der Waals surface area contributed by atoms with E-state index in [9.17, 15) is 4.79 Å². The number of hydrogen-bond acceptors (Lipinski definition) is 7. The Labute approximate surface area is 198 Å². The molecule has 8 heteroatoms. The van der Waals surface area contributed by atoms with E-state index >= 15 is 0 Å². The maximum Gasteiger partial charge on any atom is 0.257 e. The average molecular weight is 456 g/mol. The molecule has 0 aliphatic rings. The summed E-state index contributed by atoms with van der Waals surface area (Å²) in [6, 6.07) is 14.9. The number of pyridine rings is 2. The molecule has 4 aromatic rings. The number of nitrogens with one attached hydrogen (secondary N) is 1. The quantitative estimate of drug-likeness (QED) is 0.416. The molecule has 4 rings (SSSR count). The van der Waals surface area contributed by atoms with Crippen molar-refractivity contribution in [3.05, 3.63) is 90.1 Å². The van der Waals surface area contributed by atoms with Gasteiger partial charge in [0, 0.05) is 30.3 Å². The third-order valence-corrected chi connectivity index (χ3v) is 5.35. The summed E-state index contributed by atoms with van der Waals surface area (Å²) >= 11 is 0. The first-order valence-corrected chi connectivity index (χ1v) is 10.8. The molecule has 0 aliphatic carbocycles. The van der Waals surface area contributed by atoms with Crippen molar-refractivity contribution in [3.8, 4) is 23.0 Å². The highest BCUT2D eigenvalue weighted by Crippen LogP contribution is 2.29. The Bertz CT molecular complexity index is 1280. The van der Waals surface area contributed by atoms with Gasteiger partial charge in [-0.15, -0.1) is 0 Å². The second kappa shape index (κ2) is 10.5. The van der Waals surface area contributed by atoms with Gasteiger partial charge in [-0.2, -0.15) is 4.98 Å². The van der Waals surface area contributed by atoms with Gasteiger partial charge in [0.15, 0.2) is 0 Å². The molecule has 1 N–H and O–H groups in total. The zero-order valence-corrected chi connectivity index (χ0v) is 19.2. The third kappa shape index (κ3) is 5.35. The topological polar surface area (TPSA) is 99.1 Å². The number of anilines is 1. The smallest absolute Gasteiger partial charge is 0.257 e. The minimum absolute atomic E-state index is 0.149. The van der Waals surface area contributed by atoms with Crippen molar-refractivity contribution in [1.82, 2.24) is 19.9 Å². The highest BCUT2D eigenvalue weighted by Gasteiger charge is 2.14. The molecule has 0 saturated heterocycles. The van der Waals surface area contributed by atoms with Crippen LogP contribution in [0.2, 0.25) is 0 Å². The SMILES string of the molecule is COc1ccc(-c2cncc(C[C@@H](C)c3cccc(NC(=O)c4cccnc4)c3)n2)c(OC)n1. The van der Waals surface area contributed by atoms with Crippen molar-refractivity contribution in [2.24, 2.45) is 0 Å². The summed E-state index contributed by atoms with van der Waals surface area (Å²) < 4.78 is 10.6. The molecule has 172 valence electrons. The summed E-state index contributed by atoms with van der Waals surface area (Å²) in [7, 11) is 3.12. The van der Waals surface area contributed by atoms with Crippen molar-refractivity contribution < 1.29 is 14.3 Å². The fraction of sp³-hybridized carbons (Fsp3) is 0.192. The monoisotopic (exact) mass is 455 g/mol. The zero-order valence-electron chi connectivity index (χ0n) is 19.2. The van der Waals surface area contributed by atoms with Crippen molar-refractivity contribution in [2.45, 2.75) is 19.3 Å². The summed E-state index contributed by atoms with van der Waals surface area (Å²) in [5.74, 6) is 0.846. The Morgan fingerprint density at radius 3 is 2.62 bits per heavy atom. The molecule has 0 fully saturated rings. The molecule has 1 amide bonds. The molecule has 0 bridgehead atoms. The van der Waals surface area contributed by atoms with Gasteiger partial charge in [-0.1, -0.05) is 19.1 Å². The number of methoxy groups -OCH3 is 2. The first kappa shape index (κ1) is 22.8. The molecule has 0 saturated carbocycles. The third-order valence-electron chi connectivity index (χ3n) is 5.35. The molecule has 3 heterocycles. The average Bonchev–Trinajstić information content (AvgIpc) is 2.89. The second-order valence-corrected chi connectivity index (χ2v) is 7.73. The van der Waals surface area contributed by atoms with Crippen LogP contribution >= 0.6 is 0 Å². The van der Waals surface area contributed by atoms with E-state index in [2.05, 4.69) is 27.2 Å². The zero-order chi connectivity index (χ0) is 23.9. The van der Waals surface area contributed by atoms with E-state index in [-0.39, 0.29) is 11.8 Å². The molecule has 0 radical (unpaired) electrons. The minimum atomic E-state index is -0.196. The second-order valence-electron chi connectivity index (χ2n) is 7.73. The lowest BCUT2D eigenvalue weighted by molar-refractivity contribution is 0.102. The van der Waals surface area contributed by atoms with Gasteiger partial charge in [0.1, 0.15) is 0 Å². The van der Waals surface area contributed by atoms with Crippen molar-refractivity contribution >= 4 is 11.6 Å². The molecular formula is C26H25N5O3. The number of aromatic nitrogens is 4. The van der Waals surface area contributed by atoms with E-state index in [1.165, 1.54) is 0 Å². The Morgan fingerprint density at radius 2 is 1.85 bits per heavy atom. The van der Waals surface area contributed by atoms with Gasteiger partial charge in [-0.05, 0) is 48.2 Å². The summed E-state index contributed by atoms with van der Waals surface area (Å²) in [6.45, 7) is 2.12. The molecule has 3 aromatic heterocycles. The summed E-state index contributed by atoms with van der Waals surface area (Å²) in [6.07, 6.45) is 7.30. The number of carbonyl (C=O) groups excluding carboxylic acids is 1. The number of rotatable bonds is 8. The lowest BCUT2D eigenvalue weighted by Gasteiger charge is -2.14.